The molecule has 0 unspecified atom stereocenters. The van der Waals surface area contributed by atoms with Gasteiger partial charge in [0, 0.05) is 0 Å². The molecule has 0 saturated heterocycles. The van der Waals surface area contributed by atoms with Gasteiger partial charge in [0.1, 0.15) is 0 Å². The van der Waals surface area contributed by atoms with Crippen LogP contribution in [0, 0.1) is 21.0 Å². The zero-order valence-electron chi connectivity index (χ0n) is 14.1. The standard InChI is InChI=1S/C16H20F3IN2O2S/c1-4-5-11-22-13(3)15(12(2)21-22)20(14-9-7-6-8-10-14)25(23,24)16(17,18)19/h6-10H,4-5,11H2,1-3H3. The average molecular weight is 488 g/mol. The Morgan fingerprint density at radius 3 is 2.28 bits per heavy atom. The Balaban J connectivity index is 2.69. The fourth-order valence-electron chi connectivity index (χ4n) is 2.39. The van der Waals surface area contributed by atoms with Crippen LogP contribution in [0.3, 0.4) is 0 Å². The van der Waals surface area contributed by atoms with Crippen LogP contribution >= 0.6 is 18.4 Å². The molecule has 0 aliphatic heterocycles. The van der Waals surface area contributed by atoms with Gasteiger partial charge in [-0.3, -0.25) is 0 Å². The van der Waals surface area contributed by atoms with Gasteiger partial charge < -0.3 is 0 Å². The minimum atomic E-state index is -5.29. The van der Waals surface area contributed by atoms with Crippen molar-refractivity contribution in [3.05, 3.63) is 48.9 Å². The van der Waals surface area contributed by atoms with Crippen LogP contribution in [-0.4, -0.2) is 23.7 Å². The molecule has 1 heterocycles. The molecule has 0 fully saturated rings. The third kappa shape index (κ3) is 4.02. The van der Waals surface area contributed by atoms with E-state index in [0.29, 0.717) is 17.9 Å². The van der Waals surface area contributed by atoms with Crippen molar-refractivity contribution in [3.63, 3.8) is 0 Å². The zero-order chi connectivity index (χ0) is 18.8. The second-order valence-corrected chi connectivity index (χ2v) is 16.1. The van der Waals surface area contributed by atoms with Gasteiger partial charge in [0.2, 0.25) is 0 Å². The molecule has 0 bridgehead atoms. The molecule has 0 N–H and O–H groups in total. The van der Waals surface area contributed by atoms with E-state index in [1.165, 1.54) is 12.1 Å². The summed E-state index contributed by atoms with van der Waals surface area (Å²) in [5, 5.41) is 4.31. The van der Waals surface area contributed by atoms with Crippen molar-refractivity contribution in [3.8, 4) is 0 Å². The van der Waals surface area contributed by atoms with Crippen molar-refractivity contribution >= 4 is 25.4 Å². The number of nitrogens with zero attached hydrogens (tertiary/aromatic N) is 2. The van der Waals surface area contributed by atoms with Gasteiger partial charge in [0.25, 0.3) is 0 Å². The third-order valence-electron chi connectivity index (χ3n) is 3.60. The van der Waals surface area contributed by atoms with Gasteiger partial charge in [-0.2, -0.15) is 0 Å². The van der Waals surface area contributed by atoms with Crippen LogP contribution in [0.4, 0.5) is 13.2 Å². The number of benzene rings is 1. The van der Waals surface area contributed by atoms with E-state index in [4.69, 9.17) is 0 Å². The number of halogens is 4. The Morgan fingerprint density at radius 1 is 1.16 bits per heavy atom. The first-order valence-corrected chi connectivity index (χ1v) is 13.9. The van der Waals surface area contributed by atoms with Gasteiger partial charge in [0.05, 0.1) is 0 Å². The van der Waals surface area contributed by atoms with E-state index in [9.17, 15) is 21.6 Å². The Labute approximate surface area is 151 Å². The van der Waals surface area contributed by atoms with E-state index in [1.54, 1.807) is 36.7 Å². The molecule has 4 nitrogen and oxygen atoms in total. The summed E-state index contributed by atoms with van der Waals surface area (Å²) in [5.74, 6) is 0. The molecule has 0 aliphatic rings. The molecule has 0 spiro atoms. The van der Waals surface area contributed by atoms with E-state index in [2.05, 4.69) is 5.10 Å². The van der Waals surface area contributed by atoms with Gasteiger partial charge in [-0.25, -0.2) is 0 Å². The van der Waals surface area contributed by atoms with E-state index in [-0.39, 0.29) is 7.14 Å². The second-order valence-electron chi connectivity index (χ2n) is 5.49. The minimum absolute atomic E-state index is 0.241. The molecule has 1 aromatic heterocycles. The summed E-state index contributed by atoms with van der Waals surface area (Å²) in [4.78, 5) is 0. The summed E-state index contributed by atoms with van der Waals surface area (Å²) in [6.07, 6.45) is 1.74. The third-order valence-corrected chi connectivity index (χ3v) is 16.2. The van der Waals surface area contributed by atoms with Gasteiger partial charge in [-0.15, -0.1) is 0 Å². The number of hydrogen-bond donors (Lipinski definition) is 0. The van der Waals surface area contributed by atoms with Crippen LogP contribution in [0.1, 0.15) is 31.2 Å². The topological polar surface area (TPSA) is 52.0 Å². The molecular formula is C16H20F3IN2O2S. The summed E-state index contributed by atoms with van der Waals surface area (Å²) in [7, 11) is -5.29. The average Bonchev–Trinajstić information content (AvgIpc) is 2.81. The fraction of sp³-hybridized carbons (Fsp3) is 0.438. The van der Waals surface area contributed by atoms with E-state index in [1.807, 2.05) is 6.92 Å². The molecule has 0 atom stereocenters. The van der Waals surface area contributed by atoms with Crippen LogP contribution < -0.4 is 0 Å². The monoisotopic (exact) mass is 488 g/mol. The summed E-state index contributed by atoms with van der Waals surface area (Å²) < 4.78 is 67.0. The maximum absolute atomic E-state index is 13.4. The van der Waals surface area contributed by atoms with Gasteiger partial charge >= 0.3 is 151 Å². The second kappa shape index (κ2) is 7.65. The van der Waals surface area contributed by atoms with Crippen molar-refractivity contribution in [1.29, 1.82) is 0 Å². The SMILES string of the molecule is CCCCn1nc(C)c(I(c2ccccc2)S(=O)(=O)C(F)(F)F)c1C. The van der Waals surface area contributed by atoms with Crippen LogP contribution in [0.25, 0.3) is 0 Å². The van der Waals surface area contributed by atoms with Crippen LogP contribution in [0.5, 0.6) is 0 Å². The Hall–Kier alpha value is -1.10. The van der Waals surface area contributed by atoms with Gasteiger partial charge in [0.15, 0.2) is 0 Å². The van der Waals surface area contributed by atoms with E-state index in [0.717, 1.165) is 12.8 Å². The van der Waals surface area contributed by atoms with Crippen molar-refractivity contribution in [1.82, 2.24) is 9.78 Å². The molecule has 2 aromatic rings. The zero-order valence-corrected chi connectivity index (χ0v) is 17.1. The molecule has 2 rings (SSSR count). The number of unbranched alkanes of at least 4 members (excludes halogenated alkanes) is 1. The number of aromatic nitrogens is 2. The molecule has 0 saturated carbocycles. The quantitative estimate of drug-likeness (QED) is 0.438. The molecule has 0 aliphatic carbocycles. The van der Waals surface area contributed by atoms with Crippen molar-refractivity contribution < 1.29 is 21.6 Å². The van der Waals surface area contributed by atoms with Crippen molar-refractivity contribution in [2.75, 3.05) is 0 Å². The van der Waals surface area contributed by atoms with Gasteiger partial charge in [-0.1, -0.05) is 0 Å². The Morgan fingerprint density at radius 2 is 1.76 bits per heavy atom. The molecule has 1 aromatic carbocycles. The molecule has 140 valence electrons. The number of rotatable bonds is 6. The first-order chi connectivity index (χ1) is 11.6. The van der Waals surface area contributed by atoms with Crippen LogP contribution in [0.2, 0.25) is 0 Å². The summed E-state index contributed by atoms with van der Waals surface area (Å²) in [5.41, 5.74) is -4.39. The van der Waals surface area contributed by atoms with E-state index < -0.39 is 31.0 Å². The predicted molar refractivity (Wildman–Crippen MR) is 99.4 cm³/mol. The number of hydrogen-bond acceptors (Lipinski definition) is 3. The number of alkyl halides is 3. The van der Waals surface area contributed by atoms with Crippen molar-refractivity contribution in [2.24, 2.45) is 0 Å². The Bertz CT molecular complexity index is 833. The normalized spacial score (nSPS) is 13.1. The van der Waals surface area contributed by atoms with Crippen LogP contribution in [0.15, 0.2) is 30.3 Å². The molecule has 0 radical (unpaired) electrons. The summed E-state index contributed by atoms with van der Waals surface area (Å²) in [6.45, 7) is 5.81. The van der Waals surface area contributed by atoms with Crippen molar-refractivity contribution in [2.45, 2.75) is 45.7 Å². The molecule has 0 amide bonds. The molecule has 9 heteroatoms. The first kappa shape index (κ1) is 20.2. The summed E-state index contributed by atoms with van der Waals surface area (Å²) >= 11 is -3.84. The first-order valence-electron chi connectivity index (χ1n) is 7.72. The Kier molecular flexibility index (Phi) is 6.18. The molecular weight excluding hydrogens is 468 g/mol. The molecule has 25 heavy (non-hydrogen) atoms. The maximum atomic E-state index is 13.4. The summed E-state index contributed by atoms with van der Waals surface area (Å²) in [6, 6.07) is 7.73. The predicted octanol–water partition coefficient (Wildman–Crippen LogP) is 4.70. The van der Waals surface area contributed by atoms with Crippen LogP contribution in [-0.2, 0) is 13.6 Å². The van der Waals surface area contributed by atoms with E-state index >= 15 is 0 Å². The van der Waals surface area contributed by atoms with Gasteiger partial charge in [-0.05, 0) is 0 Å². The number of aryl methyl sites for hydroxylation is 2. The fourth-order valence-corrected chi connectivity index (χ4v) is 13.9.